The van der Waals surface area contributed by atoms with Crippen LogP contribution in [0.15, 0.2) is 18.7 Å². The molecule has 0 aliphatic carbocycles. The number of hydrogen-bond acceptors (Lipinski definition) is 3. The minimum absolute atomic E-state index is 0.504. The molecule has 1 aliphatic rings. The molecular weight excluding hydrogens is 344 g/mol. The molecule has 1 aliphatic heterocycles. The van der Waals surface area contributed by atoms with Gasteiger partial charge in [0.05, 0.1) is 10.4 Å². The molecule has 144 valence electrons. The largest absolute Gasteiger partial charge is 0.337 e. The average Bonchev–Trinajstić information content (AvgIpc) is 3.27. The molecule has 2 nitrogen and oxygen atoms in total. The molecule has 0 radical (unpaired) electrons. The van der Waals surface area contributed by atoms with E-state index < -0.39 is 0 Å². The highest BCUT2D eigenvalue weighted by molar-refractivity contribution is 8.21. The lowest BCUT2D eigenvalue weighted by Gasteiger charge is -2.28. The van der Waals surface area contributed by atoms with Crippen LogP contribution in [0.1, 0.15) is 90.9 Å². The van der Waals surface area contributed by atoms with E-state index in [-0.39, 0.29) is 0 Å². The quantitative estimate of drug-likeness (QED) is 0.318. The predicted octanol–water partition coefficient (Wildman–Crippen LogP) is 7.15. The molecule has 2 unspecified atom stereocenters. The van der Waals surface area contributed by atoms with Crippen LogP contribution in [0.4, 0.5) is 0 Å². The zero-order chi connectivity index (χ0) is 17.8. The zero-order valence-electron chi connectivity index (χ0n) is 16.4. The Hall–Kier alpha value is -0.0900. The van der Waals surface area contributed by atoms with E-state index in [2.05, 4.69) is 53.1 Å². The van der Waals surface area contributed by atoms with E-state index in [9.17, 15) is 0 Å². The van der Waals surface area contributed by atoms with Crippen LogP contribution in [0.5, 0.6) is 0 Å². The number of unbranched alkanes of at least 4 members (excludes halogenated alkanes) is 6. The summed E-state index contributed by atoms with van der Waals surface area (Å²) >= 11 is 4.63. The van der Waals surface area contributed by atoms with E-state index in [1.165, 1.54) is 82.8 Å². The Morgan fingerprint density at radius 3 is 2.52 bits per heavy atom. The molecule has 1 aromatic rings. The van der Waals surface area contributed by atoms with Gasteiger partial charge in [-0.25, -0.2) is 4.98 Å². The van der Waals surface area contributed by atoms with Crippen molar-refractivity contribution >= 4 is 23.5 Å². The average molecular weight is 383 g/mol. The van der Waals surface area contributed by atoms with Crippen LogP contribution < -0.4 is 0 Å². The molecule has 0 amide bonds. The van der Waals surface area contributed by atoms with Gasteiger partial charge in [0.15, 0.2) is 0 Å². The van der Waals surface area contributed by atoms with Crippen molar-refractivity contribution in [2.75, 3.05) is 5.75 Å². The first-order chi connectivity index (χ1) is 12.3. The molecular formula is C21H38N2S2. The molecule has 4 heteroatoms. The Balaban J connectivity index is 1.76. The summed E-state index contributed by atoms with van der Waals surface area (Å²) in [5, 5.41) is 0.901. The minimum atomic E-state index is 0.504. The highest BCUT2D eigenvalue weighted by atomic mass is 32.2. The Morgan fingerprint density at radius 2 is 1.76 bits per heavy atom. The summed E-state index contributed by atoms with van der Waals surface area (Å²) in [7, 11) is 0. The maximum absolute atomic E-state index is 4.17. The molecule has 2 rings (SSSR count). The van der Waals surface area contributed by atoms with Crippen LogP contribution in [0.2, 0.25) is 0 Å². The molecule has 2 heterocycles. The Bertz CT molecular complexity index is 435. The summed E-state index contributed by atoms with van der Waals surface area (Å²) < 4.78 is 2.74. The van der Waals surface area contributed by atoms with Gasteiger partial charge in [-0.2, -0.15) is 0 Å². The maximum atomic E-state index is 4.17. The second-order valence-electron chi connectivity index (χ2n) is 7.53. The number of aryl methyl sites for hydroxylation is 1. The van der Waals surface area contributed by atoms with Gasteiger partial charge < -0.3 is 4.57 Å². The first kappa shape index (κ1) is 21.2. The number of rotatable bonds is 14. The van der Waals surface area contributed by atoms with Gasteiger partial charge in [0.25, 0.3) is 0 Å². The summed E-state index contributed by atoms with van der Waals surface area (Å²) in [6.45, 7) is 5.75. The minimum Gasteiger partial charge on any atom is -0.337 e. The molecule has 0 spiro atoms. The van der Waals surface area contributed by atoms with Crippen LogP contribution in [-0.2, 0) is 6.54 Å². The molecule has 1 saturated heterocycles. The topological polar surface area (TPSA) is 17.8 Å². The second-order valence-corrected chi connectivity index (χ2v) is 10.9. The van der Waals surface area contributed by atoms with E-state index in [4.69, 9.17) is 0 Å². The van der Waals surface area contributed by atoms with Crippen LogP contribution in [0, 0.1) is 0 Å². The Kier molecular flexibility index (Phi) is 10.5. The lowest BCUT2D eigenvalue weighted by atomic mass is 10.1. The van der Waals surface area contributed by atoms with E-state index in [0.717, 1.165) is 11.8 Å². The monoisotopic (exact) mass is 382 g/mol. The molecule has 0 saturated carbocycles. The van der Waals surface area contributed by atoms with Crippen molar-refractivity contribution in [1.82, 2.24) is 9.55 Å². The number of hydrogen-bond donors (Lipinski definition) is 0. The van der Waals surface area contributed by atoms with Crippen molar-refractivity contribution in [2.45, 2.75) is 107 Å². The van der Waals surface area contributed by atoms with Crippen molar-refractivity contribution in [3.63, 3.8) is 0 Å². The smallest absolute Gasteiger partial charge is 0.0945 e. The van der Waals surface area contributed by atoms with E-state index >= 15 is 0 Å². The van der Waals surface area contributed by atoms with Crippen molar-refractivity contribution in [2.24, 2.45) is 0 Å². The molecule has 1 fully saturated rings. The Morgan fingerprint density at radius 1 is 1.00 bits per heavy atom. The van der Waals surface area contributed by atoms with Crippen LogP contribution in [-0.4, -0.2) is 24.6 Å². The SMILES string of the molecule is CCCCCCCCC1(CCCn2ccnc2)SCC(CCCC)S1. The van der Waals surface area contributed by atoms with Gasteiger partial charge >= 0.3 is 0 Å². The number of aromatic nitrogens is 2. The predicted molar refractivity (Wildman–Crippen MR) is 116 cm³/mol. The standard InChI is InChI=1S/C21H38N2S2/c1-3-5-7-8-9-10-13-21(14-11-16-23-17-15-22-19-23)24-18-20(25-21)12-6-4-2/h15,17,19-20H,3-14,16,18H2,1-2H3. The van der Waals surface area contributed by atoms with Crippen LogP contribution >= 0.6 is 23.5 Å². The number of nitrogens with zero attached hydrogens (tertiary/aromatic N) is 2. The van der Waals surface area contributed by atoms with Crippen molar-refractivity contribution < 1.29 is 0 Å². The van der Waals surface area contributed by atoms with Crippen LogP contribution in [0.3, 0.4) is 0 Å². The van der Waals surface area contributed by atoms with Crippen LogP contribution in [0.25, 0.3) is 0 Å². The molecule has 0 N–H and O–H groups in total. The van der Waals surface area contributed by atoms with Gasteiger partial charge in [0, 0.05) is 29.9 Å². The highest BCUT2D eigenvalue weighted by Crippen LogP contribution is 2.55. The van der Waals surface area contributed by atoms with Crippen molar-refractivity contribution in [3.8, 4) is 0 Å². The first-order valence-electron chi connectivity index (χ1n) is 10.6. The summed E-state index contributed by atoms with van der Waals surface area (Å²) in [6.07, 6.45) is 22.7. The van der Waals surface area contributed by atoms with Gasteiger partial charge in [-0.05, 0) is 25.7 Å². The number of thioether (sulfide) groups is 2. The molecule has 0 bridgehead atoms. The third-order valence-corrected chi connectivity index (χ3v) is 9.17. The Labute approximate surface area is 164 Å². The van der Waals surface area contributed by atoms with Gasteiger partial charge in [-0.3, -0.25) is 0 Å². The lowest BCUT2D eigenvalue weighted by Crippen LogP contribution is -2.18. The molecule has 2 atom stereocenters. The van der Waals surface area contributed by atoms with Crippen molar-refractivity contribution in [1.29, 1.82) is 0 Å². The summed E-state index contributed by atoms with van der Waals surface area (Å²) in [5.74, 6) is 1.38. The van der Waals surface area contributed by atoms with E-state index in [0.29, 0.717) is 4.08 Å². The summed E-state index contributed by atoms with van der Waals surface area (Å²) in [4.78, 5) is 4.17. The van der Waals surface area contributed by atoms with Gasteiger partial charge in [0.2, 0.25) is 0 Å². The molecule has 25 heavy (non-hydrogen) atoms. The zero-order valence-corrected chi connectivity index (χ0v) is 18.1. The fourth-order valence-corrected chi connectivity index (χ4v) is 7.71. The summed E-state index contributed by atoms with van der Waals surface area (Å²) in [6, 6.07) is 0. The summed E-state index contributed by atoms with van der Waals surface area (Å²) in [5.41, 5.74) is 0. The normalized spacial score (nSPS) is 23.4. The van der Waals surface area contributed by atoms with E-state index in [1.807, 2.05) is 12.5 Å². The fraction of sp³-hybridized carbons (Fsp3) is 0.857. The number of imidazole rings is 1. The molecule has 1 aromatic heterocycles. The second kappa shape index (κ2) is 12.3. The molecule has 0 aromatic carbocycles. The van der Waals surface area contributed by atoms with Gasteiger partial charge in [-0.15, -0.1) is 23.5 Å². The third-order valence-electron chi connectivity index (χ3n) is 5.24. The van der Waals surface area contributed by atoms with Gasteiger partial charge in [-0.1, -0.05) is 65.2 Å². The maximum Gasteiger partial charge on any atom is 0.0945 e. The van der Waals surface area contributed by atoms with Crippen molar-refractivity contribution in [3.05, 3.63) is 18.7 Å². The van der Waals surface area contributed by atoms with Gasteiger partial charge in [0.1, 0.15) is 0 Å². The van der Waals surface area contributed by atoms with E-state index in [1.54, 1.807) is 0 Å². The third kappa shape index (κ3) is 7.99. The first-order valence-corrected chi connectivity index (χ1v) is 12.4. The fourth-order valence-electron chi connectivity index (χ4n) is 3.70. The highest BCUT2D eigenvalue weighted by Gasteiger charge is 2.39. The lowest BCUT2D eigenvalue weighted by molar-refractivity contribution is 0.525.